The number of rotatable bonds is 2. The van der Waals surface area contributed by atoms with Crippen LogP contribution >= 0.6 is 0 Å². The quantitative estimate of drug-likeness (QED) is 0.168. The maximum atomic E-state index is 10.7. The van der Waals surface area contributed by atoms with Crippen LogP contribution in [0.1, 0.15) is 29.2 Å². The minimum atomic E-state index is 0.578. The van der Waals surface area contributed by atoms with Crippen molar-refractivity contribution >= 4 is 48.7 Å². The van der Waals surface area contributed by atoms with Crippen molar-refractivity contribution in [3.8, 4) is 62.8 Å². The summed E-state index contributed by atoms with van der Waals surface area (Å²) in [6.07, 6.45) is 4.09. The molecule has 2 heterocycles. The van der Waals surface area contributed by atoms with Crippen LogP contribution < -0.4 is 9.47 Å². The van der Waals surface area contributed by atoms with Gasteiger partial charge in [-0.25, -0.2) is 0 Å². The molecule has 0 radical (unpaired) electrons. The molecule has 0 aromatic heterocycles. The minimum absolute atomic E-state index is 0.578. The zero-order valence-corrected chi connectivity index (χ0v) is 29.6. The monoisotopic (exact) mass is 700 g/mol. The van der Waals surface area contributed by atoms with Crippen LogP contribution in [0.3, 0.4) is 0 Å². The Morgan fingerprint density at radius 1 is 0.400 bits per heavy atom. The van der Waals surface area contributed by atoms with Crippen LogP contribution in [0, 0.1) is 22.7 Å². The average Bonchev–Trinajstić information content (AvgIpc) is 3.23. The van der Waals surface area contributed by atoms with Gasteiger partial charge in [-0.05, 0) is 115 Å². The number of hydrogen-bond donors (Lipinski definition) is 0. The summed E-state index contributed by atoms with van der Waals surface area (Å²) in [5.41, 5.74) is 10.3. The standard InChI is InChI=1S/C51H28N2O2/c1-29-16-17-34(30-8-6-9-31(24-30)35-10-2-4-14-46(35)54-29)44-25-32(27-52)36-19-21-43-45(26-33(28-53)37-18-20-42(44)50(36)51(37)43)38-22-23-48-49-40(38)12-7-13-41(49)39-11-3-5-15-47(39)55-48/h2-26H,1H3/b29-16+,34-17+. The summed E-state index contributed by atoms with van der Waals surface area (Å²) in [5.74, 6) is 3.22. The smallest absolute Gasteiger partial charge is 0.135 e. The third-order valence-corrected chi connectivity index (χ3v) is 11.2. The molecule has 11 rings (SSSR count). The zero-order chi connectivity index (χ0) is 36.8. The summed E-state index contributed by atoms with van der Waals surface area (Å²) < 4.78 is 12.8. The normalized spacial score (nSPS) is 14.8. The molecule has 0 atom stereocenters. The molecule has 2 aliphatic rings. The highest BCUT2D eigenvalue weighted by Gasteiger charge is 2.25. The van der Waals surface area contributed by atoms with Crippen LogP contribution in [0.4, 0.5) is 0 Å². The first kappa shape index (κ1) is 30.9. The van der Waals surface area contributed by atoms with E-state index in [9.17, 15) is 10.5 Å². The number of allylic oxidation sites excluding steroid dienone is 3. The van der Waals surface area contributed by atoms with E-state index in [1.807, 2.05) is 67.6 Å². The largest absolute Gasteiger partial charge is 0.461 e. The zero-order valence-electron chi connectivity index (χ0n) is 29.6. The summed E-state index contributed by atoms with van der Waals surface area (Å²) in [6, 6.07) is 52.7. The first-order chi connectivity index (χ1) is 27.1. The second-order valence-corrected chi connectivity index (χ2v) is 14.2. The van der Waals surface area contributed by atoms with Crippen molar-refractivity contribution in [1.29, 1.82) is 10.5 Å². The summed E-state index contributed by atoms with van der Waals surface area (Å²) in [7, 11) is 0. The van der Waals surface area contributed by atoms with Crippen molar-refractivity contribution in [2.75, 3.05) is 0 Å². The molecule has 2 aliphatic heterocycles. The van der Waals surface area contributed by atoms with E-state index in [2.05, 4.69) is 103 Å². The number of para-hydroxylation sites is 2. The van der Waals surface area contributed by atoms with Gasteiger partial charge in [-0.15, -0.1) is 0 Å². The summed E-state index contributed by atoms with van der Waals surface area (Å²) in [4.78, 5) is 0. The van der Waals surface area contributed by atoms with Gasteiger partial charge < -0.3 is 9.47 Å². The predicted molar refractivity (Wildman–Crippen MR) is 221 cm³/mol. The van der Waals surface area contributed by atoms with Crippen LogP contribution in [0.2, 0.25) is 0 Å². The molecule has 0 unspecified atom stereocenters. The molecule has 2 bridgehead atoms. The van der Waals surface area contributed by atoms with E-state index in [4.69, 9.17) is 9.47 Å². The molecule has 254 valence electrons. The highest BCUT2D eigenvalue weighted by atomic mass is 16.5. The number of fused-ring (bicyclic) bond motifs is 6. The van der Waals surface area contributed by atoms with Crippen LogP contribution in [0.25, 0.3) is 82.0 Å². The van der Waals surface area contributed by atoms with Crippen molar-refractivity contribution in [3.63, 3.8) is 0 Å². The second-order valence-electron chi connectivity index (χ2n) is 14.2. The van der Waals surface area contributed by atoms with E-state index >= 15 is 0 Å². The Morgan fingerprint density at radius 2 is 1.00 bits per heavy atom. The molecule has 0 N–H and O–H groups in total. The Kier molecular flexibility index (Phi) is 6.56. The van der Waals surface area contributed by atoms with Crippen molar-refractivity contribution in [3.05, 3.63) is 180 Å². The molecule has 0 amide bonds. The third kappa shape index (κ3) is 4.50. The van der Waals surface area contributed by atoms with Gasteiger partial charge in [-0.3, -0.25) is 0 Å². The van der Waals surface area contributed by atoms with Crippen molar-refractivity contribution in [1.82, 2.24) is 0 Å². The van der Waals surface area contributed by atoms with Gasteiger partial charge in [0.25, 0.3) is 0 Å². The van der Waals surface area contributed by atoms with E-state index in [0.29, 0.717) is 11.1 Å². The van der Waals surface area contributed by atoms with E-state index in [1.54, 1.807) is 0 Å². The van der Waals surface area contributed by atoms with Crippen molar-refractivity contribution in [2.45, 2.75) is 6.92 Å². The van der Waals surface area contributed by atoms with Crippen molar-refractivity contribution < 1.29 is 9.47 Å². The molecule has 9 aromatic carbocycles. The number of benzene rings is 9. The van der Waals surface area contributed by atoms with Gasteiger partial charge in [-0.2, -0.15) is 10.5 Å². The van der Waals surface area contributed by atoms with E-state index < -0.39 is 0 Å². The fraction of sp³-hybridized carbons (Fsp3) is 0.0196. The van der Waals surface area contributed by atoms with Gasteiger partial charge in [0, 0.05) is 27.3 Å². The van der Waals surface area contributed by atoms with Crippen LogP contribution in [-0.2, 0) is 0 Å². The molecule has 9 aromatic rings. The van der Waals surface area contributed by atoms with Gasteiger partial charge in [0.05, 0.1) is 23.3 Å². The second kappa shape index (κ2) is 11.7. The fourth-order valence-electron chi connectivity index (χ4n) is 8.84. The molecule has 0 aliphatic carbocycles. The lowest BCUT2D eigenvalue weighted by molar-refractivity contribution is 0.429. The van der Waals surface area contributed by atoms with Crippen molar-refractivity contribution in [2.24, 2.45) is 0 Å². The maximum Gasteiger partial charge on any atom is 0.135 e. The Labute approximate surface area is 317 Å². The van der Waals surface area contributed by atoms with E-state index in [0.717, 1.165) is 116 Å². The van der Waals surface area contributed by atoms with Gasteiger partial charge >= 0.3 is 0 Å². The Morgan fingerprint density at radius 3 is 1.76 bits per heavy atom. The number of hydrogen-bond acceptors (Lipinski definition) is 4. The number of nitrogens with zero attached hydrogens (tertiary/aromatic N) is 2. The Hall–Kier alpha value is -7.66. The lowest BCUT2D eigenvalue weighted by Gasteiger charge is -2.23. The fourth-order valence-corrected chi connectivity index (χ4v) is 8.84. The van der Waals surface area contributed by atoms with Gasteiger partial charge in [0.2, 0.25) is 0 Å². The molecular formula is C51H28N2O2. The molecule has 0 saturated carbocycles. The molecule has 4 nitrogen and oxygen atoms in total. The molecule has 0 spiro atoms. The Balaban J connectivity index is 1.21. The molecule has 0 fully saturated rings. The SMILES string of the molecule is C/C1=C\C=C(\c2cc(C#N)c3ccc4c(-c5ccc6c7c(cccc57)-c5ccccc5O6)cc(C#N)c5ccc2c3c54)c2cccc(c2)-c2ccccc2O1. The Bertz CT molecular complexity index is 3300. The lowest BCUT2D eigenvalue weighted by atomic mass is 9.82. The molecule has 55 heavy (non-hydrogen) atoms. The minimum Gasteiger partial charge on any atom is -0.461 e. The summed E-state index contributed by atoms with van der Waals surface area (Å²) >= 11 is 0. The van der Waals surface area contributed by atoms with Crippen LogP contribution in [0.5, 0.6) is 17.2 Å². The van der Waals surface area contributed by atoms with Gasteiger partial charge in [-0.1, -0.05) is 109 Å². The summed E-state index contributed by atoms with van der Waals surface area (Å²) in [6.45, 7) is 1.96. The molecular weight excluding hydrogens is 673 g/mol. The summed E-state index contributed by atoms with van der Waals surface area (Å²) in [5, 5.41) is 29.2. The predicted octanol–water partition coefficient (Wildman–Crippen LogP) is 13.3. The maximum absolute atomic E-state index is 10.7. The number of ether oxygens (including phenoxy) is 2. The molecule has 4 heteroatoms. The first-order valence-corrected chi connectivity index (χ1v) is 18.3. The number of nitriles is 2. The van der Waals surface area contributed by atoms with E-state index in [-0.39, 0.29) is 0 Å². The van der Waals surface area contributed by atoms with Crippen LogP contribution in [-0.4, -0.2) is 0 Å². The average molecular weight is 701 g/mol. The highest BCUT2D eigenvalue weighted by molar-refractivity contribution is 6.29. The van der Waals surface area contributed by atoms with E-state index in [1.165, 1.54) is 0 Å². The lowest BCUT2D eigenvalue weighted by Crippen LogP contribution is -1.99. The molecule has 0 saturated heterocycles. The highest BCUT2D eigenvalue weighted by Crippen LogP contribution is 2.51. The third-order valence-electron chi connectivity index (χ3n) is 11.2. The van der Waals surface area contributed by atoms with Gasteiger partial charge in [0.1, 0.15) is 23.0 Å². The topological polar surface area (TPSA) is 66.0 Å². The van der Waals surface area contributed by atoms with Gasteiger partial charge in [0.15, 0.2) is 0 Å². The first-order valence-electron chi connectivity index (χ1n) is 18.3. The van der Waals surface area contributed by atoms with Crippen LogP contribution in [0.15, 0.2) is 157 Å².